The second-order valence-corrected chi connectivity index (χ2v) is 7.12. The average Bonchev–Trinajstić information content (AvgIpc) is 3.01. The topological polar surface area (TPSA) is 87.2 Å². The van der Waals surface area contributed by atoms with Crippen molar-refractivity contribution in [3.63, 3.8) is 0 Å². The van der Waals surface area contributed by atoms with Gasteiger partial charge in [0.25, 0.3) is 5.91 Å². The normalized spacial score (nSPS) is 11.0. The van der Waals surface area contributed by atoms with Crippen molar-refractivity contribution in [1.82, 2.24) is 9.55 Å². The molecule has 6 heteroatoms. The van der Waals surface area contributed by atoms with E-state index in [9.17, 15) is 9.59 Å². The highest BCUT2D eigenvalue weighted by molar-refractivity contribution is 6.02. The minimum absolute atomic E-state index is 0.227. The lowest BCUT2D eigenvalue weighted by Crippen LogP contribution is -2.13. The zero-order valence-corrected chi connectivity index (χ0v) is 17.2. The van der Waals surface area contributed by atoms with Gasteiger partial charge in [0.15, 0.2) is 0 Å². The van der Waals surface area contributed by atoms with Crippen molar-refractivity contribution >= 4 is 22.8 Å². The molecule has 0 saturated heterocycles. The highest BCUT2D eigenvalue weighted by Gasteiger charge is 2.26. The summed E-state index contributed by atoms with van der Waals surface area (Å²) < 4.78 is 6.94. The molecule has 6 nitrogen and oxygen atoms in total. The van der Waals surface area contributed by atoms with Gasteiger partial charge >= 0.3 is 5.97 Å². The Morgan fingerprint density at radius 2 is 1.93 bits per heavy atom. The summed E-state index contributed by atoms with van der Waals surface area (Å²) in [5.74, 6) is -0.772. The van der Waals surface area contributed by atoms with Gasteiger partial charge in [-0.2, -0.15) is 0 Å². The number of hydrogen-bond donors (Lipinski definition) is 1. The van der Waals surface area contributed by atoms with E-state index in [4.69, 9.17) is 15.5 Å². The fourth-order valence-corrected chi connectivity index (χ4v) is 3.78. The Morgan fingerprint density at radius 3 is 2.62 bits per heavy atom. The predicted octanol–water partition coefficient (Wildman–Crippen LogP) is 4.02. The van der Waals surface area contributed by atoms with E-state index in [-0.39, 0.29) is 12.4 Å². The van der Waals surface area contributed by atoms with Gasteiger partial charge in [0, 0.05) is 28.9 Å². The second kappa shape index (κ2) is 8.90. The summed E-state index contributed by atoms with van der Waals surface area (Å²) in [6.45, 7) is 4.78. The van der Waals surface area contributed by atoms with Gasteiger partial charge in [-0.05, 0) is 31.9 Å². The Balaban J connectivity index is 2.22. The van der Waals surface area contributed by atoms with Crippen LogP contribution in [0.2, 0.25) is 0 Å². The van der Waals surface area contributed by atoms with Gasteiger partial charge in [-0.3, -0.25) is 9.59 Å². The van der Waals surface area contributed by atoms with Crippen LogP contribution < -0.4 is 5.73 Å². The van der Waals surface area contributed by atoms with E-state index in [0.717, 1.165) is 47.2 Å². The molecule has 0 bridgehead atoms. The van der Waals surface area contributed by atoms with Crippen LogP contribution in [-0.4, -0.2) is 28.5 Å². The minimum atomic E-state index is -0.484. The maximum atomic E-state index is 12.4. The molecule has 0 aliphatic heterocycles. The number of rotatable bonds is 8. The Bertz CT molecular complexity index is 1050. The molecule has 0 saturated carbocycles. The van der Waals surface area contributed by atoms with Crippen LogP contribution in [0.1, 0.15) is 47.9 Å². The number of primary amides is 1. The number of carbonyl (C=O) groups is 2. The van der Waals surface area contributed by atoms with Crippen LogP contribution in [0.4, 0.5) is 0 Å². The molecule has 0 unspecified atom stereocenters. The molecule has 2 aromatic heterocycles. The molecule has 1 aromatic carbocycles. The van der Waals surface area contributed by atoms with Crippen molar-refractivity contribution in [2.45, 2.75) is 46.1 Å². The number of aromatic nitrogens is 2. The molecular formula is C23H27N3O3. The summed E-state index contributed by atoms with van der Waals surface area (Å²) in [7, 11) is 1.38. The standard InChI is InChI=1S/C23H27N3O3/c1-4-5-14-26-15(2)21(23(24)28)22(19(26)12-13-20(27)29-3)18-11-10-16-8-6-7-9-17(16)25-18/h6-11H,4-5,12-14H2,1-3H3,(H2,24,28). The van der Waals surface area contributed by atoms with Crippen molar-refractivity contribution < 1.29 is 14.3 Å². The lowest BCUT2D eigenvalue weighted by Gasteiger charge is -2.12. The van der Waals surface area contributed by atoms with Crippen molar-refractivity contribution in [3.8, 4) is 11.3 Å². The first-order valence-corrected chi connectivity index (χ1v) is 9.92. The number of hydrogen-bond acceptors (Lipinski definition) is 4. The van der Waals surface area contributed by atoms with Gasteiger partial charge in [0.05, 0.1) is 30.3 Å². The van der Waals surface area contributed by atoms with Crippen molar-refractivity contribution in [2.24, 2.45) is 5.73 Å². The molecule has 0 atom stereocenters. The second-order valence-electron chi connectivity index (χ2n) is 7.12. The number of esters is 1. The smallest absolute Gasteiger partial charge is 0.305 e. The first-order valence-electron chi connectivity index (χ1n) is 9.92. The molecule has 0 fully saturated rings. The SMILES string of the molecule is CCCCn1c(C)c(C(N)=O)c(-c2ccc3ccccc3n2)c1CCC(=O)OC. The third-order valence-electron chi connectivity index (χ3n) is 5.26. The maximum Gasteiger partial charge on any atom is 0.305 e. The zero-order chi connectivity index (χ0) is 21.0. The summed E-state index contributed by atoms with van der Waals surface area (Å²) in [6, 6.07) is 11.7. The van der Waals surface area contributed by atoms with Crippen molar-refractivity contribution in [3.05, 3.63) is 53.3 Å². The molecule has 0 radical (unpaired) electrons. The fraction of sp³-hybridized carbons (Fsp3) is 0.348. The molecule has 0 spiro atoms. The van der Waals surface area contributed by atoms with Gasteiger partial charge in [0.1, 0.15) is 0 Å². The van der Waals surface area contributed by atoms with Crippen LogP contribution in [0.15, 0.2) is 36.4 Å². The Morgan fingerprint density at radius 1 is 1.17 bits per heavy atom. The van der Waals surface area contributed by atoms with Crippen molar-refractivity contribution in [1.29, 1.82) is 0 Å². The van der Waals surface area contributed by atoms with Crippen molar-refractivity contribution in [2.75, 3.05) is 7.11 Å². The molecular weight excluding hydrogens is 366 g/mol. The number of ether oxygens (including phenoxy) is 1. The maximum absolute atomic E-state index is 12.4. The minimum Gasteiger partial charge on any atom is -0.469 e. The highest BCUT2D eigenvalue weighted by atomic mass is 16.5. The van der Waals surface area contributed by atoms with E-state index < -0.39 is 5.91 Å². The number of para-hydroxylation sites is 1. The molecule has 2 heterocycles. The number of nitrogens with zero attached hydrogens (tertiary/aromatic N) is 2. The molecule has 3 aromatic rings. The van der Waals surface area contributed by atoms with E-state index in [1.165, 1.54) is 7.11 Å². The summed E-state index contributed by atoms with van der Waals surface area (Å²) in [6.07, 6.45) is 2.66. The van der Waals surface area contributed by atoms with Gasteiger partial charge in [-0.1, -0.05) is 37.6 Å². The number of methoxy groups -OCH3 is 1. The highest BCUT2D eigenvalue weighted by Crippen LogP contribution is 2.34. The molecule has 3 rings (SSSR count). The number of nitrogens with two attached hydrogens (primary N) is 1. The van der Waals surface area contributed by atoms with Gasteiger partial charge < -0.3 is 15.0 Å². The summed E-state index contributed by atoms with van der Waals surface area (Å²) in [5, 5.41) is 1.02. The van der Waals surface area contributed by atoms with E-state index >= 15 is 0 Å². The summed E-state index contributed by atoms with van der Waals surface area (Å²) >= 11 is 0. The van der Waals surface area contributed by atoms with Crippen LogP contribution in [-0.2, 0) is 22.5 Å². The lowest BCUT2D eigenvalue weighted by molar-refractivity contribution is -0.140. The Labute approximate surface area is 170 Å². The summed E-state index contributed by atoms with van der Waals surface area (Å²) in [5.41, 5.74) is 10.2. The van der Waals surface area contributed by atoms with E-state index in [0.29, 0.717) is 17.7 Å². The predicted molar refractivity (Wildman–Crippen MR) is 114 cm³/mol. The lowest BCUT2D eigenvalue weighted by atomic mass is 10.0. The van der Waals surface area contributed by atoms with Crippen LogP contribution in [0.3, 0.4) is 0 Å². The van der Waals surface area contributed by atoms with E-state index in [2.05, 4.69) is 11.5 Å². The van der Waals surface area contributed by atoms with Gasteiger partial charge in [0.2, 0.25) is 0 Å². The van der Waals surface area contributed by atoms with Gasteiger partial charge in [-0.25, -0.2) is 4.98 Å². The monoisotopic (exact) mass is 393 g/mol. The summed E-state index contributed by atoms with van der Waals surface area (Å²) in [4.78, 5) is 29.0. The first kappa shape index (κ1) is 20.6. The largest absolute Gasteiger partial charge is 0.469 e. The van der Waals surface area contributed by atoms with E-state index in [1.54, 1.807) is 0 Å². The zero-order valence-electron chi connectivity index (χ0n) is 17.2. The molecule has 152 valence electrons. The van der Waals surface area contributed by atoms with E-state index in [1.807, 2.05) is 43.3 Å². The number of amides is 1. The van der Waals surface area contributed by atoms with Crippen LogP contribution >= 0.6 is 0 Å². The Kier molecular flexibility index (Phi) is 6.32. The number of fused-ring (bicyclic) bond motifs is 1. The number of unbranched alkanes of at least 4 members (excludes halogenated alkanes) is 1. The Hall–Kier alpha value is -3.15. The fourth-order valence-electron chi connectivity index (χ4n) is 3.78. The molecule has 0 aliphatic rings. The number of carbonyl (C=O) groups excluding carboxylic acids is 2. The molecule has 2 N–H and O–H groups in total. The third kappa shape index (κ3) is 4.16. The molecule has 29 heavy (non-hydrogen) atoms. The van der Waals surface area contributed by atoms with Crippen LogP contribution in [0, 0.1) is 6.92 Å². The molecule has 0 aliphatic carbocycles. The third-order valence-corrected chi connectivity index (χ3v) is 5.26. The molecule has 1 amide bonds. The average molecular weight is 393 g/mol. The number of pyridine rings is 1. The first-order chi connectivity index (χ1) is 14.0. The quantitative estimate of drug-likeness (QED) is 0.586. The van der Waals surface area contributed by atoms with Crippen LogP contribution in [0.5, 0.6) is 0 Å². The van der Waals surface area contributed by atoms with Gasteiger partial charge in [-0.15, -0.1) is 0 Å². The number of benzene rings is 1. The van der Waals surface area contributed by atoms with Crippen LogP contribution in [0.25, 0.3) is 22.2 Å².